The van der Waals surface area contributed by atoms with E-state index in [-0.39, 0.29) is 5.56 Å². The predicted molar refractivity (Wildman–Crippen MR) is 78.4 cm³/mol. The smallest absolute Gasteiger partial charge is 0.135 e. The van der Waals surface area contributed by atoms with E-state index in [4.69, 9.17) is 5.73 Å². The van der Waals surface area contributed by atoms with E-state index in [0.29, 0.717) is 17.1 Å². The number of halogens is 2. The van der Waals surface area contributed by atoms with E-state index in [2.05, 4.69) is 5.10 Å². The number of hydrogen-bond donors (Lipinski definition) is 1. The molecule has 0 aliphatic rings. The summed E-state index contributed by atoms with van der Waals surface area (Å²) in [5, 5.41) is 4.28. The Morgan fingerprint density at radius 2 is 1.76 bits per heavy atom. The summed E-state index contributed by atoms with van der Waals surface area (Å²) in [6.45, 7) is 0. The lowest BCUT2D eigenvalue weighted by Gasteiger charge is -2.05. The Balaban J connectivity index is 2.27. The molecule has 0 aliphatic heterocycles. The number of aryl methyl sites for hydroxylation is 1. The van der Waals surface area contributed by atoms with Crippen LogP contribution in [-0.4, -0.2) is 9.78 Å². The van der Waals surface area contributed by atoms with E-state index in [1.54, 1.807) is 7.05 Å². The summed E-state index contributed by atoms with van der Waals surface area (Å²) >= 11 is 0. The standard InChI is InChI=1S/C16H13F2N3/c1-21-16(19)14(10-5-3-2-4-6-10)15(20-21)12-8-7-11(17)9-13(12)18/h2-9H,19H2,1H3. The van der Waals surface area contributed by atoms with Crippen LogP contribution in [-0.2, 0) is 7.05 Å². The number of nitrogens with two attached hydrogens (primary N) is 1. The minimum Gasteiger partial charge on any atom is -0.383 e. The molecule has 5 heteroatoms. The molecule has 0 unspecified atom stereocenters. The first-order chi connectivity index (χ1) is 10.1. The molecule has 2 aromatic carbocycles. The predicted octanol–water partition coefficient (Wildman–Crippen LogP) is 3.61. The first-order valence-corrected chi connectivity index (χ1v) is 6.41. The number of hydrogen-bond acceptors (Lipinski definition) is 2. The topological polar surface area (TPSA) is 43.8 Å². The highest BCUT2D eigenvalue weighted by Crippen LogP contribution is 2.36. The maximum atomic E-state index is 14.0. The van der Waals surface area contributed by atoms with Gasteiger partial charge in [-0.15, -0.1) is 0 Å². The summed E-state index contributed by atoms with van der Waals surface area (Å²) in [4.78, 5) is 0. The van der Waals surface area contributed by atoms with Gasteiger partial charge in [0.2, 0.25) is 0 Å². The maximum Gasteiger partial charge on any atom is 0.135 e. The Labute approximate surface area is 120 Å². The lowest BCUT2D eigenvalue weighted by Crippen LogP contribution is -1.97. The number of nitrogen functional groups attached to an aromatic ring is 1. The van der Waals surface area contributed by atoms with Gasteiger partial charge in [0.25, 0.3) is 0 Å². The molecule has 3 rings (SSSR count). The molecule has 0 fully saturated rings. The van der Waals surface area contributed by atoms with E-state index in [1.807, 2.05) is 30.3 Å². The Hall–Kier alpha value is -2.69. The van der Waals surface area contributed by atoms with Crippen molar-refractivity contribution < 1.29 is 8.78 Å². The number of rotatable bonds is 2. The molecule has 2 N–H and O–H groups in total. The average molecular weight is 285 g/mol. The van der Waals surface area contributed by atoms with Crippen LogP contribution in [0, 0.1) is 11.6 Å². The van der Waals surface area contributed by atoms with Crippen molar-refractivity contribution in [3.63, 3.8) is 0 Å². The van der Waals surface area contributed by atoms with Crippen molar-refractivity contribution in [2.75, 3.05) is 5.73 Å². The molecule has 0 atom stereocenters. The first kappa shape index (κ1) is 13.3. The highest BCUT2D eigenvalue weighted by molar-refractivity contribution is 5.88. The van der Waals surface area contributed by atoms with Gasteiger partial charge in [0.1, 0.15) is 23.1 Å². The highest BCUT2D eigenvalue weighted by atomic mass is 19.1. The molecule has 0 saturated carbocycles. The zero-order valence-corrected chi connectivity index (χ0v) is 11.3. The van der Waals surface area contributed by atoms with Gasteiger partial charge in [-0.25, -0.2) is 8.78 Å². The first-order valence-electron chi connectivity index (χ1n) is 6.41. The molecule has 1 aromatic heterocycles. The third kappa shape index (κ3) is 2.27. The van der Waals surface area contributed by atoms with Gasteiger partial charge in [0.05, 0.1) is 5.56 Å². The number of benzene rings is 2. The summed E-state index contributed by atoms with van der Waals surface area (Å²) in [6.07, 6.45) is 0. The Bertz CT molecular complexity index is 795. The third-order valence-electron chi connectivity index (χ3n) is 3.34. The largest absolute Gasteiger partial charge is 0.383 e. The molecule has 0 spiro atoms. The summed E-state index contributed by atoms with van der Waals surface area (Å²) in [5.74, 6) is -0.855. The molecular formula is C16H13F2N3. The van der Waals surface area contributed by atoms with Crippen molar-refractivity contribution in [1.82, 2.24) is 9.78 Å². The summed E-state index contributed by atoms with van der Waals surface area (Å²) < 4.78 is 28.6. The molecule has 0 bridgehead atoms. The minimum absolute atomic E-state index is 0.225. The molecule has 0 saturated heterocycles. The van der Waals surface area contributed by atoms with E-state index in [0.717, 1.165) is 11.6 Å². The average Bonchev–Trinajstić information content (AvgIpc) is 2.75. The summed E-state index contributed by atoms with van der Waals surface area (Å²) in [6, 6.07) is 12.8. The van der Waals surface area contributed by atoms with E-state index >= 15 is 0 Å². The molecule has 3 aromatic rings. The van der Waals surface area contributed by atoms with Gasteiger partial charge in [0.15, 0.2) is 0 Å². The number of anilines is 1. The molecular weight excluding hydrogens is 272 g/mol. The van der Waals surface area contributed by atoms with Crippen molar-refractivity contribution in [2.24, 2.45) is 7.05 Å². The Morgan fingerprint density at radius 1 is 1.05 bits per heavy atom. The van der Waals surface area contributed by atoms with Crippen LogP contribution in [0.15, 0.2) is 48.5 Å². The molecule has 3 nitrogen and oxygen atoms in total. The van der Waals surface area contributed by atoms with Crippen molar-refractivity contribution in [1.29, 1.82) is 0 Å². The van der Waals surface area contributed by atoms with Crippen LogP contribution < -0.4 is 5.73 Å². The van der Waals surface area contributed by atoms with Crippen molar-refractivity contribution in [3.8, 4) is 22.4 Å². The van der Waals surface area contributed by atoms with Crippen LogP contribution in [0.4, 0.5) is 14.6 Å². The number of nitrogens with zero attached hydrogens (tertiary/aromatic N) is 2. The Kier molecular flexibility index (Phi) is 3.17. The fourth-order valence-electron chi connectivity index (χ4n) is 2.30. The van der Waals surface area contributed by atoms with E-state index in [9.17, 15) is 8.78 Å². The van der Waals surface area contributed by atoms with Gasteiger partial charge in [-0.3, -0.25) is 4.68 Å². The lowest BCUT2D eigenvalue weighted by atomic mass is 10.0. The van der Waals surface area contributed by atoms with Crippen LogP contribution >= 0.6 is 0 Å². The number of aromatic nitrogens is 2. The fourth-order valence-corrected chi connectivity index (χ4v) is 2.30. The van der Waals surface area contributed by atoms with Crippen LogP contribution in [0.25, 0.3) is 22.4 Å². The molecule has 21 heavy (non-hydrogen) atoms. The third-order valence-corrected chi connectivity index (χ3v) is 3.34. The molecule has 0 amide bonds. The molecule has 1 heterocycles. The van der Waals surface area contributed by atoms with E-state index < -0.39 is 11.6 Å². The zero-order valence-electron chi connectivity index (χ0n) is 11.3. The van der Waals surface area contributed by atoms with Crippen LogP contribution in [0.3, 0.4) is 0 Å². The molecule has 106 valence electrons. The Morgan fingerprint density at radius 3 is 2.43 bits per heavy atom. The summed E-state index contributed by atoms with van der Waals surface area (Å²) in [5.41, 5.74) is 8.16. The second-order valence-corrected chi connectivity index (χ2v) is 4.72. The van der Waals surface area contributed by atoms with Gasteiger partial charge < -0.3 is 5.73 Å². The quantitative estimate of drug-likeness (QED) is 0.781. The maximum absolute atomic E-state index is 14.0. The van der Waals surface area contributed by atoms with Gasteiger partial charge in [0, 0.05) is 18.7 Å². The molecule has 0 aliphatic carbocycles. The van der Waals surface area contributed by atoms with Crippen molar-refractivity contribution in [2.45, 2.75) is 0 Å². The van der Waals surface area contributed by atoms with Gasteiger partial charge in [-0.1, -0.05) is 30.3 Å². The monoisotopic (exact) mass is 285 g/mol. The van der Waals surface area contributed by atoms with E-state index in [1.165, 1.54) is 16.8 Å². The van der Waals surface area contributed by atoms with Crippen LogP contribution in [0.5, 0.6) is 0 Å². The SMILES string of the molecule is Cn1nc(-c2ccc(F)cc2F)c(-c2ccccc2)c1N. The van der Waals surface area contributed by atoms with Crippen LogP contribution in [0.2, 0.25) is 0 Å². The van der Waals surface area contributed by atoms with Crippen molar-refractivity contribution in [3.05, 3.63) is 60.2 Å². The van der Waals surface area contributed by atoms with Crippen molar-refractivity contribution >= 4 is 5.82 Å². The summed E-state index contributed by atoms with van der Waals surface area (Å²) in [7, 11) is 1.69. The molecule has 0 radical (unpaired) electrons. The highest BCUT2D eigenvalue weighted by Gasteiger charge is 2.19. The second kappa shape index (κ2) is 5.01. The fraction of sp³-hybridized carbons (Fsp3) is 0.0625. The van der Waals surface area contributed by atoms with Gasteiger partial charge >= 0.3 is 0 Å². The minimum atomic E-state index is -0.662. The lowest BCUT2D eigenvalue weighted by molar-refractivity contribution is 0.585. The van der Waals surface area contributed by atoms with Gasteiger partial charge in [-0.05, 0) is 17.7 Å². The van der Waals surface area contributed by atoms with Crippen LogP contribution in [0.1, 0.15) is 0 Å². The normalized spacial score (nSPS) is 10.8. The zero-order chi connectivity index (χ0) is 15.0. The second-order valence-electron chi connectivity index (χ2n) is 4.72. The van der Waals surface area contributed by atoms with Gasteiger partial charge in [-0.2, -0.15) is 5.10 Å².